The van der Waals surface area contributed by atoms with Gasteiger partial charge in [0.15, 0.2) is 0 Å². The van der Waals surface area contributed by atoms with Gasteiger partial charge in [-0.1, -0.05) is 18.2 Å². The Bertz CT molecular complexity index is 1010. The fourth-order valence-corrected chi connectivity index (χ4v) is 2.89. The molecule has 3 rings (SSSR count). The molecular formula is C19H20FN3O2. The van der Waals surface area contributed by atoms with E-state index in [1.807, 2.05) is 25.1 Å². The Morgan fingerprint density at radius 2 is 1.68 bits per heavy atom. The number of rotatable bonds is 4. The number of H-pyrrole nitrogens is 1. The fraction of sp³-hybridized carbons (Fsp3) is 0.263. The molecule has 1 heterocycles. The number of aromatic nitrogens is 2. The zero-order valence-corrected chi connectivity index (χ0v) is 14.3. The summed E-state index contributed by atoms with van der Waals surface area (Å²) in [6.07, 6.45) is 0. The van der Waals surface area contributed by atoms with Gasteiger partial charge in [-0.25, -0.2) is 9.18 Å². The Hall–Kier alpha value is -2.89. The number of hydrogen-bond donors (Lipinski definition) is 2. The average molecular weight is 341 g/mol. The lowest BCUT2D eigenvalue weighted by molar-refractivity contribution is 0.546. The van der Waals surface area contributed by atoms with Crippen molar-refractivity contribution < 1.29 is 4.39 Å². The minimum atomic E-state index is -0.439. The summed E-state index contributed by atoms with van der Waals surface area (Å²) in [7, 11) is 0. The molecule has 130 valence electrons. The molecule has 2 N–H and O–H groups in total. The maximum absolute atomic E-state index is 13.3. The predicted molar refractivity (Wildman–Crippen MR) is 97.7 cm³/mol. The normalized spacial score (nSPS) is 12.5. The van der Waals surface area contributed by atoms with Crippen LogP contribution < -0.4 is 16.6 Å². The second-order valence-corrected chi connectivity index (χ2v) is 6.41. The Balaban J connectivity index is 1.90. The third-order valence-electron chi connectivity index (χ3n) is 4.18. The number of aromatic amines is 1. The van der Waals surface area contributed by atoms with Crippen LogP contribution in [-0.2, 0) is 0 Å². The van der Waals surface area contributed by atoms with Crippen LogP contribution in [0.3, 0.4) is 0 Å². The number of nitrogens with zero attached hydrogens (tertiary/aromatic N) is 1. The van der Waals surface area contributed by atoms with Crippen molar-refractivity contribution in [1.82, 2.24) is 9.55 Å². The molecule has 0 radical (unpaired) electrons. The van der Waals surface area contributed by atoms with E-state index in [2.05, 4.69) is 10.3 Å². The van der Waals surface area contributed by atoms with Crippen LogP contribution in [0.1, 0.15) is 38.4 Å². The number of hydrogen-bond acceptors (Lipinski definition) is 3. The molecule has 3 aromatic rings. The summed E-state index contributed by atoms with van der Waals surface area (Å²) >= 11 is 0. The third kappa shape index (κ3) is 3.47. The summed E-state index contributed by atoms with van der Waals surface area (Å²) in [5.74, 6) is 0.105. The van der Waals surface area contributed by atoms with Gasteiger partial charge >= 0.3 is 5.69 Å². The minimum Gasteiger partial charge on any atom is -0.365 e. The monoisotopic (exact) mass is 341 g/mol. The van der Waals surface area contributed by atoms with E-state index in [9.17, 15) is 14.0 Å². The Morgan fingerprint density at radius 3 is 2.36 bits per heavy atom. The van der Waals surface area contributed by atoms with Crippen LogP contribution in [-0.4, -0.2) is 9.55 Å². The molecule has 0 aliphatic rings. The van der Waals surface area contributed by atoms with E-state index in [0.29, 0.717) is 5.82 Å². The first-order valence-electron chi connectivity index (χ1n) is 8.17. The van der Waals surface area contributed by atoms with Crippen LogP contribution in [0.15, 0.2) is 52.1 Å². The van der Waals surface area contributed by atoms with E-state index in [1.165, 1.54) is 22.8 Å². The summed E-state index contributed by atoms with van der Waals surface area (Å²) in [4.78, 5) is 26.8. The summed E-state index contributed by atoms with van der Waals surface area (Å²) in [5, 5.41) is 4.89. The number of benzene rings is 2. The molecule has 0 fully saturated rings. The molecule has 0 unspecified atom stereocenters. The summed E-state index contributed by atoms with van der Waals surface area (Å²) in [5.41, 5.74) is 0.182. The lowest BCUT2D eigenvalue weighted by Gasteiger charge is -2.17. The molecule has 5 nitrogen and oxygen atoms in total. The van der Waals surface area contributed by atoms with Crippen LogP contribution in [0.5, 0.6) is 0 Å². The molecule has 0 bridgehead atoms. The van der Waals surface area contributed by atoms with Crippen LogP contribution in [0.2, 0.25) is 0 Å². The van der Waals surface area contributed by atoms with Gasteiger partial charge in [0.1, 0.15) is 11.6 Å². The second kappa shape index (κ2) is 6.55. The SMILES string of the molecule is CC(C)n1c(=O)cc(N[C@@H](C)c2ccc3cc(F)ccc3c2)[nH]c1=O. The van der Waals surface area contributed by atoms with Crippen LogP contribution >= 0.6 is 0 Å². The molecular weight excluding hydrogens is 321 g/mol. The molecule has 0 saturated heterocycles. The van der Waals surface area contributed by atoms with E-state index >= 15 is 0 Å². The van der Waals surface area contributed by atoms with Crippen molar-refractivity contribution in [2.75, 3.05) is 5.32 Å². The van der Waals surface area contributed by atoms with Gasteiger partial charge in [0.05, 0.1) is 0 Å². The van der Waals surface area contributed by atoms with Gasteiger partial charge < -0.3 is 5.32 Å². The van der Waals surface area contributed by atoms with Gasteiger partial charge in [-0.15, -0.1) is 0 Å². The summed E-state index contributed by atoms with van der Waals surface area (Å²) in [6.45, 7) is 5.49. The molecule has 25 heavy (non-hydrogen) atoms. The fourth-order valence-electron chi connectivity index (χ4n) is 2.89. The standard InChI is InChI=1S/C19H20FN3O2/c1-11(2)23-18(24)10-17(22-19(23)25)21-12(3)13-4-5-15-9-16(20)7-6-14(15)8-13/h4-12,21H,1-3H3,(H,22,25)/t12-/m0/s1. The highest BCUT2D eigenvalue weighted by Crippen LogP contribution is 2.23. The average Bonchev–Trinajstić information content (AvgIpc) is 2.53. The zero-order valence-electron chi connectivity index (χ0n) is 14.3. The lowest BCUT2D eigenvalue weighted by Crippen LogP contribution is -2.36. The van der Waals surface area contributed by atoms with Crippen molar-refractivity contribution in [3.63, 3.8) is 0 Å². The van der Waals surface area contributed by atoms with Gasteiger partial charge in [0.2, 0.25) is 0 Å². The molecule has 6 heteroatoms. The topological polar surface area (TPSA) is 66.9 Å². The predicted octanol–water partition coefficient (Wildman–Crippen LogP) is 3.58. The van der Waals surface area contributed by atoms with Crippen molar-refractivity contribution in [3.05, 3.63) is 74.7 Å². The van der Waals surface area contributed by atoms with Gasteiger partial charge in [0, 0.05) is 18.2 Å². The summed E-state index contributed by atoms with van der Waals surface area (Å²) in [6, 6.07) is 11.4. The van der Waals surface area contributed by atoms with E-state index in [0.717, 1.165) is 16.3 Å². The van der Waals surface area contributed by atoms with Gasteiger partial charge in [-0.2, -0.15) is 0 Å². The van der Waals surface area contributed by atoms with E-state index in [-0.39, 0.29) is 23.5 Å². The maximum Gasteiger partial charge on any atom is 0.330 e. The van der Waals surface area contributed by atoms with Gasteiger partial charge in [-0.05, 0) is 55.3 Å². The van der Waals surface area contributed by atoms with Gasteiger partial charge in [0.25, 0.3) is 5.56 Å². The van der Waals surface area contributed by atoms with E-state index in [4.69, 9.17) is 0 Å². The quantitative estimate of drug-likeness (QED) is 0.762. The molecule has 1 aromatic heterocycles. The largest absolute Gasteiger partial charge is 0.365 e. The molecule has 0 aliphatic carbocycles. The van der Waals surface area contributed by atoms with E-state index < -0.39 is 5.69 Å². The van der Waals surface area contributed by atoms with Crippen molar-refractivity contribution in [3.8, 4) is 0 Å². The Morgan fingerprint density at radius 1 is 1.00 bits per heavy atom. The Kier molecular flexibility index (Phi) is 4.44. The molecule has 0 amide bonds. The third-order valence-corrected chi connectivity index (χ3v) is 4.18. The molecule has 1 atom stereocenters. The first-order valence-corrected chi connectivity index (χ1v) is 8.17. The van der Waals surface area contributed by atoms with Crippen LogP contribution in [0, 0.1) is 5.82 Å². The highest BCUT2D eigenvalue weighted by molar-refractivity contribution is 5.83. The van der Waals surface area contributed by atoms with Crippen molar-refractivity contribution in [1.29, 1.82) is 0 Å². The molecule has 0 aliphatic heterocycles. The first-order chi connectivity index (χ1) is 11.8. The number of anilines is 1. The maximum atomic E-state index is 13.3. The lowest BCUT2D eigenvalue weighted by atomic mass is 10.0. The smallest absolute Gasteiger partial charge is 0.330 e. The van der Waals surface area contributed by atoms with Crippen molar-refractivity contribution in [2.24, 2.45) is 0 Å². The van der Waals surface area contributed by atoms with Gasteiger partial charge in [-0.3, -0.25) is 14.3 Å². The number of halogens is 1. The second-order valence-electron chi connectivity index (χ2n) is 6.41. The highest BCUT2D eigenvalue weighted by Gasteiger charge is 2.11. The van der Waals surface area contributed by atoms with Crippen LogP contribution in [0.4, 0.5) is 10.2 Å². The Labute approximate surface area is 144 Å². The first kappa shape index (κ1) is 17.0. The zero-order chi connectivity index (χ0) is 18.1. The highest BCUT2D eigenvalue weighted by atomic mass is 19.1. The summed E-state index contributed by atoms with van der Waals surface area (Å²) < 4.78 is 14.4. The van der Waals surface area contributed by atoms with E-state index in [1.54, 1.807) is 19.9 Å². The molecule has 2 aromatic carbocycles. The van der Waals surface area contributed by atoms with Crippen LogP contribution in [0.25, 0.3) is 10.8 Å². The molecule has 0 spiro atoms. The van der Waals surface area contributed by atoms with Crippen molar-refractivity contribution in [2.45, 2.75) is 32.9 Å². The number of nitrogens with one attached hydrogen (secondary N) is 2. The number of fused-ring (bicyclic) bond motifs is 1. The minimum absolute atomic E-state index is 0.139. The molecule has 0 saturated carbocycles. The van der Waals surface area contributed by atoms with Crippen molar-refractivity contribution >= 4 is 16.6 Å².